The Morgan fingerprint density at radius 2 is 0.722 bits per heavy atom. The molecule has 0 aromatic heterocycles. The molecule has 0 amide bonds. The Kier molecular flexibility index (Phi) is 2.34. The van der Waals surface area contributed by atoms with E-state index in [1.807, 2.05) is 0 Å². The summed E-state index contributed by atoms with van der Waals surface area (Å²) in [6, 6.07) is 0. The molecule has 0 saturated carbocycles. The summed E-state index contributed by atoms with van der Waals surface area (Å²) in [7, 11) is -26.7. The van der Waals surface area contributed by atoms with Gasteiger partial charge in [-0.25, -0.2) is 0 Å². The molecule has 16 heteroatoms. The number of alkyl halides is 5. The van der Waals surface area contributed by atoms with Crippen molar-refractivity contribution >= 4 is 20.1 Å². The van der Waals surface area contributed by atoms with Gasteiger partial charge in [-0.05, 0) is 0 Å². The lowest BCUT2D eigenvalue weighted by Gasteiger charge is -2.60. The highest BCUT2D eigenvalue weighted by atomic mass is 32.5. The zero-order valence-electron chi connectivity index (χ0n) is 7.11. The van der Waals surface area contributed by atoms with Crippen LogP contribution in [0.15, 0.2) is 0 Å². The topological polar surface area (TPSA) is 0 Å². The van der Waals surface area contributed by atoms with Crippen molar-refractivity contribution in [2.75, 3.05) is 0 Å². The van der Waals surface area contributed by atoms with Crippen molar-refractivity contribution in [1.82, 2.24) is 0 Å². The third-order valence-electron chi connectivity index (χ3n) is 1.39. The first-order chi connectivity index (χ1) is 6.79. The van der Waals surface area contributed by atoms with Crippen molar-refractivity contribution in [3.63, 3.8) is 0 Å². The van der Waals surface area contributed by atoms with Gasteiger partial charge in [0.2, 0.25) is 0 Å². The van der Waals surface area contributed by atoms with Crippen molar-refractivity contribution in [3.8, 4) is 0 Å². The smallest absolute Gasteiger partial charge is 0.167 e. The molecule has 0 fully saturated rings. The van der Waals surface area contributed by atoms with Gasteiger partial charge in [-0.1, -0.05) is 19.4 Å². The number of hydrogen-bond donors (Lipinski definition) is 0. The Hall–Kier alpha value is -0.280. The summed E-state index contributed by atoms with van der Waals surface area (Å²) < 4.78 is 151. The highest BCUT2D eigenvalue weighted by Gasteiger charge is 3.09. The van der Waals surface area contributed by atoms with E-state index in [4.69, 9.17) is 0 Å². The van der Waals surface area contributed by atoms with E-state index < -0.39 is 30.2 Å². The van der Waals surface area contributed by atoms with Gasteiger partial charge < -0.3 is 0 Å². The van der Waals surface area contributed by atoms with E-state index in [1.165, 1.54) is 0 Å². The van der Waals surface area contributed by atoms with Crippen LogP contribution >= 0.6 is 20.1 Å². The minimum absolute atomic E-state index is 8.81. The van der Waals surface area contributed by atoms with E-state index in [1.54, 1.807) is 0 Å². The molecule has 0 aromatic rings. The third-order valence-corrected chi connectivity index (χ3v) is 6.13. The molecular formula is C2F14S2. The lowest BCUT2D eigenvalue weighted by molar-refractivity contribution is -0.0882. The van der Waals surface area contributed by atoms with Crippen LogP contribution in [0.3, 0.4) is 0 Å². The fourth-order valence-corrected chi connectivity index (χ4v) is 3.54. The molecule has 0 nitrogen and oxygen atoms in total. The Bertz CT molecular complexity index is 381. The van der Waals surface area contributed by atoms with E-state index >= 15 is 0 Å². The fourth-order valence-electron chi connectivity index (χ4n) is 0.452. The average Bonchev–Trinajstić information content (AvgIpc) is 1.72. The third kappa shape index (κ3) is 1.70. The van der Waals surface area contributed by atoms with Crippen molar-refractivity contribution in [2.45, 2.75) is 10.1 Å². The van der Waals surface area contributed by atoms with Crippen molar-refractivity contribution in [1.29, 1.82) is 0 Å². The van der Waals surface area contributed by atoms with E-state index in [-0.39, 0.29) is 0 Å². The Morgan fingerprint density at radius 3 is 0.778 bits per heavy atom. The van der Waals surface area contributed by atoms with Crippen LogP contribution in [0.25, 0.3) is 0 Å². The first kappa shape index (κ1) is 17.7. The molecule has 118 valence electrons. The summed E-state index contributed by atoms with van der Waals surface area (Å²) in [4.78, 5) is 0. The lowest BCUT2D eigenvalue weighted by atomic mass is 11.5. The van der Waals surface area contributed by atoms with Crippen LogP contribution in [0.2, 0.25) is 0 Å². The molecule has 18 heavy (non-hydrogen) atoms. The van der Waals surface area contributed by atoms with Gasteiger partial charge in [0, 0.05) is 0 Å². The van der Waals surface area contributed by atoms with Crippen LogP contribution < -0.4 is 0 Å². The van der Waals surface area contributed by atoms with Gasteiger partial charge in [0.05, 0.1) is 0 Å². The van der Waals surface area contributed by atoms with Gasteiger partial charge in [-0.15, -0.1) is 15.5 Å². The van der Waals surface area contributed by atoms with Crippen LogP contribution in [0, 0.1) is 0 Å². The van der Waals surface area contributed by atoms with Crippen LogP contribution in [-0.2, 0) is 0 Å². The first-order valence-corrected chi connectivity index (χ1v) is 6.95. The van der Waals surface area contributed by atoms with Crippen LogP contribution in [-0.4, -0.2) is 10.1 Å². The molecule has 0 aliphatic heterocycles. The lowest BCUT2D eigenvalue weighted by Crippen LogP contribution is -2.52. The van der Waals surface area contributed by atoms with Crippen molar-refractivity contribution < 1.29 is 56.9 Å². The minimum atomic E-state index is -13.5. The summed E-state index contributed by atoms with van der Waals surface area (Å²) in [5.74, 6) is 0. The second-order valence-corrected chi connectivity index (χ2v) is 8.77. The van der Waals surface area contributed by atoms with Crippen molar-refractivity contribution in [3.05, 3.63) is 0 Å². The van der Waals surface area contributed by atoms with Crippen molar-refractivity contribution in [2.24, 2.45) is 0 Å². The van der Waals surface area contributed by atoms with Crippen LogP contribution in [0.5, 0.6) is 0 Å². The maximum atomic E-state index is 11.8. The molecule has 0 bridgehead atoms. The predicted octanol–water partition coefficient (Wildman–Crippen LogP) is 6.77. The Balaban J connectivity index is 6.82. The van der Waals surface area contributed by atoms with Gasteiger partial charge >= 0.3 is 30.2 Å². The van der Waals surface area contributed by atoms with Crippen LogP contribution in [0.1, 0.15) is 0 Å². The molecule has 0 N–H and O–H groups in total. The zero-order valence-corrected chi connectivity index (χ0v) is 8.74. The normalized spacial score (nSPS) is 23.7. The molecule has 0 radical (unpaired) electrons. The molecule has 0 aromatic carbocycles. The quantitative estimate of drug-likeness (QED) is 0.480. The molecule has 0 atom stereocenters. The highest BCUT2D eigenvalue weighted by molar-refractivity contribution is 8.64. The molecule has 0 rings (SSSR count). The minimum Gasteiger partial charge on any atom is -0.167 e. The average molecular weight is 354 g/mol. The monoisotopic (exact) mass is 354 g/mol. The van der Waals surface area contributed by atoms with E-state index in [2.05, 4.69) is 0 Å². The van der Waals surface area contributed by atoms with E-state index in [0.29, 0.717) is 0 Å². The first-order valence-electron chi connectivity index (χ1n) is 2.95. The van der Waals surface area contributed by atoms with Gasteiger partial charge in [0.1, 0.15) is 0 Å². The van der Waals surface area contributed by atoms with Gasteiger partial charge in [0.25, 0.3) is 0 Å². The summed E-state index contributed by atoms with van der Waals surface area (Å²) in [5.41, 5.74) is -8.81. The maximum absolute atomic E-state index is 13.5. The summed E-state index contributed by atoms with van der Waals surface area (Å²) in [6.45, 7) is 0. The number of halogens is 14. The molecule has 0 heterocycles. The largest absolute Gasteiger partial charge is 0.512 e. The molecule has 0 spiro atoms. The maximum Gasteiger partial charge on any atom is 0.512 e. The Morgan fingerprint density at radius 1 is 0.500 bits per heavy atom. The van der Waals surface area contributed by atoms with Crippen LogP contribution in [0.4, 0.5) is 56.9 Å². The second kappa shape index (κ2) is 2.37. The summed E-state index contributed by atoms with van der Waals surface area (Å²) in [6.07, 6.45) is 0. The van der Waals surface area contributed by atoms with Gasteiger partial charge in [-0.3, -0.25) is 0 Å². The molecule has 0 unspecified atom stereocenters. The number of hydrogen-bond acceptors (Lipinski definition) is 0. The van der Waals surface area contributed by atoms with E-state index in [9.17, 15) is 56.9 Å². The standard InChI is InChI=1S/C2F14S2/c3-1(4,5)17(8,9,10,11)2(6,7)18(12,13,14,15)16. The van der Waals surface area contributed by atoms with Gasteiger partial charge in [0.15, 0.2) is 0 Å². The Labute approximate surface area is 88.1 Å². The SMILES string of the molecule is FC(F)(F)S(F)(F)(F)(F)C(F)(F)S(F)(F)(F)(F)F. The molecule has 0 saturated heterocycles. The van der Waals surface area contributed by atoms with Gasteiger partial charge in [-0.2, -0.15) is 22.0 Å². The summed E-state index contributed by atoms with van der Waals surface area (Å²) >= 11 is 0. The second-order valence-electron chi connectivity index (χ2n) is 2.95. The molecular weight excluding hydrogens is 354 g/mol. The zero-order chi connectivity index (χ0) is 15.8. The highest BCUT2D eigenvalue weighted by Crippen LogP contribution is 3.22. The van der Waals surface area contributed by atoms with E-state index in [0.717, 1.165) is 0 Å². The number of rotatable bonds is 2. The summed E-state index contributed by atoms with van der Waals surface area (Å²) in [5, 5.41) is 0. The fraction of sp³-hybridized carbons (Fsp3) is 1.00. The predicted molar refractivity (Wildman–Crippen MR) is 36.2 cm³/mol. The molecule has 0 aliphatic rings. The molecule has 0 aliphatic carbocycles.